The van der Waals surface area contributed by atoms with Crippen LogP contribution in [0.25, 0.3) is 0 Å². The van der Waals surface area contributed by atoms with E-state index in [9.17, 15) is 4.79 Å². The van der Waals surface area contributed by atoms with Gasteiger partial charge in [-0.05, 0) is 57.4 Å². The van der Waals surface area contributed by atoms with E-state index < -0.39 is 0 Å². The zero-order valence-corrected chi connectivity index (χ0v) is 34.2. The number of allylic oxidation sites excluding steroid dienone is 5. The molecule has 0 aliphatic carbocycles. The van der Waals surface area contributed by atoms with Gasteiger partial charge in [0.15, 0.2) is 0 Å². The molecule has 0 amide bonds. The molecule has 0 aromatic heterocycles. The molecule has 50 heavy (non-hydrogen) atoms. The van der Waals surface area contributed by atoms with Crippen molar-refractivity contribution in [3.8, 4) is 0 Å². The van der Waals surface area contributed by atoms with Gasteiger partial charge in [-0.3, -0.25) is 4.79 Å². The minimum absolute atomic E-state index is 0.00397. The van der Waals surface area contributed by atoms with E-state index in [1.807, 2.05) is 0 Å². The SMILES string of the molecule is CCCCCCCCCCCCCCCCCC/C=C/CC/C=C1/OC(=O)C1CC/C=C/CCCCCCCCCCCCCCCCCC. The van der Waals surface area contributed by atoms with E-state index in [1.165, 1.54) is 218 Å². The van der Waals surface area contributed by atoms with Gasteiger partial charge in [0.05, 0.1) is 0 Å². The van der Waals surface area contributed by atoms with Gasteiger partial charge in [-0.15, -0.1) is 0 Å². The van der Waals surface area contributed by atoms with E-state index in [2.05, 4.69) is 44.2 Å². The minimum Gasteiger partial charge on any atom is -0.430 e. The normalized spacial score (nSPS) is 15.5. The highest BCUT2D eigenvalue weighted by Crippen LogP contribution is 2.31. The number of carbonyl (C=O) groups is 1. The van der Waals surface area contributed by atoms with Crippen molar-refractivity contribution >= 4 is 5.97 Å². The zero-order chi connectivity index (χ0) is 35.8. The number of carbonyl (C=O) groups excluding carboxylic acids is 1. The number of rotatable bonds is 40. The van der Waals surface area contributed by atoms with Gasteiger partial charge in [-0.25, -0.2) is 0 Å². The number of esters is 1. The Hall–Kier alpha value is -1.31. The standard InChI is InChI=1S/C48H88O2/c1-3-5-7-9-11-13-15-17-19-21-23-25-27-29-31-33-35-37-39-41-43-45-47-46(48(49)50-47)44-42-40-38-36-34-32-30-28-26-24-22-20-18-16-14-12-10-8-6-4-2/h37-40,45-46H,3-36,41-44H2,1-2H3/b39-37+,40-38+,47-45+. The summed E-state index contributed by atoms with van der Waals surface area (Å²) in [7, 11) is 0. The number of ether oxygens (including phenoxy) is 1. The molecule has 0 bridgehead atoms. The van der Waals surface area contributed by atoms with Crippen LogP contribution in [0.4, 0.5) is 0 Å². The lowest BCUT2D eigenvalue weighted by atomic mass is 9.95. The maximum atomic E-state index is 12.0. The van der Waals surface area contributed by atoms with Gasteiger partial charge in [0.25, 0.3) is 0 Å². The topological polar surface area (TPSA) is 26.3 Å². The van der Waals surface area contributed by atoms with Crippen molar-refractivity contribution in [3.63, 3.8) is 0 Å². The van der Waals surface area contributed by atoms with Crippen molar-refractivity contribution < 1.29 is 9.53 Å². The highest BCUT2D eigenvalue weighted by Gasteiger charge is 2.36. The second kappa shape index (κ2) is 38.9. The third-order valence-corrected chi connectivity index (χ3v) is 10.9. The van der Waals surface area contributed by atoms with Crippen molar-refractivity contribution in [3.05, 3.63) is 36.1 Å². The van der Waals surface area contributed by atoms with Crippen molar-refractivity contribution in [2.75, 3.05) is 0 Å². The van der Waals surface area contributed by atoms with Crippen LogP contribution in [-0.4, -0.2) is 5.97 Å². The van der Waals surface area contributed by atoms with E-state index in [0.29, 0.717) is 0 Å². The molecular formula is C48H88O2. The second-order valence-corrected chi connectivity index (χ2v) is 15.9. The lowest BCUT2D eigenvalue weighted by Gasteiger charge is -2.27. The van der Waals surface area contributed by atoms with Gasteiger partial charge in [-0.1, -0.05) is 231 Å². The van der Waals surface area contributed by atoms with E-state index >= 15 is 0 Å². The fraction of sp³-hybridized carbons (Fsp3) is 0.854. The Balaban J connectivity index is 1.84. The predicted molar refractivity (Wildman–Crippen MR) is 223 cm³/mol. The Morgan fingerprint density at radius 1 is 0.380 bits per heavy atom. The predicted octanol–water partition coefficient (Wildman–Crippen LogP) is 17.0. The van der Waals surface area contributed by atoms with E-state index in [1.54, 1.807) is 0 Å². The molecule has 1 heterocycles. The Labute approximate surface area is 314 Å². The van der Waals surface area contributed by atoms with Crippen LogP contribution in [0.5, 0.6) is 0 Å². The van der Waals surface area contributed by atoms with E-state index in [0.717, 1.165) is 31.4 Å². The van der Waals surface area contributed by atoms with Crippen LogP contribution in [0.1, 0.15) is 258 Å². The largest absolute Gasteiger partial charge is 0.430 e. The smallest absolute Gasteiger partial charge is 0.321 e. The molecule has 1 fully saturated rings. The molecule has 0 N–H and O–H groups in total. The maximum absolute atomic E-state index is 12.0. The van der Waals surface area contributed by atoms with Crippen LogP contribution in [0.2, 0.25) is 0 Å². The van der Waals surface area contributed by atoms with Gasteiger partial charge in [-0.2, -0.15) is 0 Å². The molecule has 1 aliphatic heterocycles. The number of unbranched alkanes of at least 4 members (excludes halogenated alkanes) is 33. The van der Waals surface area contributed by atoms with E-state index in [-0.39, 0.29) is 11.9 Å². The first-order valence-electron chi connectivity index (χ1n) is 23.0. The fourth-order valence-electron chi connectivity index (χ4n) is 7.44. The average Bonchev–Trinajstić information content (AvgIpc) is 3.12. The van der Waals surface area contributed by atoms with Crippen LogP contribution in [-0.2, 0) is 9.53 Å². The summed E-state index contributed by atoms with van der Waals surface area (Å²) in [5, 5.41) is 0. The quantitative estimate of drug-likeness (QED) is 0.0362. The molecule has 0 aromatic carbocycles. The molecule has 1 unspecified atom stereocenters. The van der Waals surface area contributed by atoms with Crippen molar-refractivity contribution in [1.29, 1.82) is 0 Å². The molecule has 1 aliphatic rings. The molecule has 2 heteroatoms. The second-order valence-electron chi connectivity index (χ2n) is 15.9. The van der Waals surface area contributed by atoms with Gasteiger partial charge in [0.1, 0.15) is 11.7 Å². The summed E-state index contributed by atoms with van der Waals surface area (Å²) in [5.74, 6) is 0.901. The first-order valence-corrected chi connectivity index (χ1v) is 23.0. The van der Waals surface area contributed by atoms with Crippen LogP contribution >= 0.6 is 0 Å². The summed E-state index contributed by atoms with van der Waals surface area (Å²) in [6, 6.07) is 0. The average molecular weight is 697 g/mol. The monoisotopic (exact) mass is 697 g/mol. The lowest BCUT2D eigenvalue weighted by molar-refractivity contribution is -0.157. The molecule has 292 valence electrons. The summed E-state index contributed by atoms with van der Waals surface area (Å²) in [4.78, 5) is 12.0. The van der Waals surface area contributed by atoms with Crippen LogP contribution in [0.15, 0.2) is 36.1 Å². The van der Waals surface area contributed by atoms with Crippen molar-refractivity contribution in [2.45, 2.75) is 258 Å². The van der Waals surface area contributed by atoms with Crippen molar-refractivity contribution in [1.82, 2.24) is 0 Å². The summed E-state index contributed by atoms with van der Waals surface area (Å²) >= 11 is 0. The van der Waals surface area contributed by atoms with Crippen molar-refractivity contribution in [2.24, 2.45) is 5.92 Å². The van der Waals surface area contributed by atoms with Gasteiger partial charge in [0, 0.05) is 0 Å². The summed E-state index contributed by atoms with van der Waals surface area (Å²) < 4.78 is 5.36. The highest BCUT2D eigenvalue weighted by molar-refractivity contribution is 5.82. The Kier molecular flexibility index (Phi) is 36.4. The molecule has 0 radical (unpaired) electrons. The third kappa shape index (κ3) is 31.4. The molecule has 0 aromatic rings. The van der Waals surface area contributed by atoms with Crippen LogP contribution < -0.4 is 0 Å². The van der Waals surface area contributed by atoms with Gasteiger partial charge >= 0.3 is 5.97 Å². The molecule has 1 saturated heterocycles. The van der Waals surface area contributed by atoms with Gasteiger partial charge < -0.3 is 4.74 Å². The Bertz CT molecular complexity index is 792. The summed E-state index contributed by atoms with van der Waals surface area (Å²) in [5.41, 5.74) is 0. The van der Waals surface area contributed by atoms with Crippen LogP contribution in [0.3, 0.4) is 0 Å². The Morgan fingerprint density at radius 2 is 0.680 bits per heavy atom. The first-order chi connectivity index (χ1) is 24.8. The number of hydrogen-bond acceptors (Lipinski definition) is 2. The van der Waals surface area contributed by atoms with E-state index in [4.69, 9.17) is 4.74 Å². The van der Waals surface area contributed by atoms with Gasteiger partial charge in [0.2, 0.25) is 0 Å². The molecule has 1 atom stereocenters. The summed E-state index contributed by atoms with van der Waals surface area (Å²) in [6.07, 6.45) is 63.3. The Morgan fingerprint density at radius 3 is 1.02 bits per heavy atom. The first kappa shape index (κ1) is 46.7. The molecule has 0 saturated carbocycles. The molecule has 1 rings (SSSR count). The maximum Gasteiger partial charge on any atom is 0.321 e. The minimum atomic E-state index is -0.0264. The molecule has 0 spiro atoms. The summed E-state index contributed by atoms with van der Waals surface area (Å²) in [6.45, 7) is 4.60. The lowest BCUT2D eigenvalue weighted by Crippen LogP contribution is -2.32. The number of hydrogen-bond donors (Lipinski definition) is 0. The molecular weight excluding hydrogens is 609 g/mol. The molecule has 2 nitrogen and oxygen atoms in total. The third-order valence-electron chi connectivity index (χ3n) is 10.9. The number of cyclic esters (lactones) is 1. The van der Waals surface area contributed by atoms with Crippen LogP contribution in [0, 0.1) is 5.92 Å². The highest BCUT2D eigenvalue weighted by atomic mass is 16.6. The fourth-order valence-corrected chi connectivity index (χ4v) is 7.44. The zero-order valence-electron chi connectivity index (χ0n) is 34.2.